The Morgan fingerprint density at radius 1 is 1.10 bits per heavy atom. The van der Waals surface area contributed by atoms with Gasteiger partial charge in [0, 0.05) is 32.3 Å². The molecule has 0 bridgehead atoms. The molecule has 0 aromatic carbocycles. The van der Waals surface area contributed by atoms with Gasteiger partial charge in [-0.15, -0.1) is 0 Å². The van der Waals surface area contributed by atoms with Crippen molar-refractivity contribution in [3.8, 4) is 0 Å². The molecule has 4 heteroatoms. The zero-order valence-corrected chi connectivity index (χ0v) is 12.6. The van der Waals surface area contributed by atoms with Crippen molar-refractivity contribution in [2.45, 2.75) is 51.0 Å². The second-order valence-corrected chi connectivity index (χ2v) is 6.67. The summed E-state index contributed by atoms with van der Waals surface area (Å²) in [6, 6.07) is 0.543. The van der Waals surface area contributed by atoms with E-state index in [4.69, 9.17) is 4.74 Å². The summed E-state index contributed by atoms with van der Waals surface area (Å²) in [7, 11) is 0. The van der Waals surface area contributed by atoms with E-state index in [0.29, 0.717) is 18.5 Å². The van der Waals surface area contributed by atoms with Crippen molar-refractivity contribution in [2.24, 2.45) is 5.92 Å². The van der Waals surface area contributed by atoms with E-state index in [-0.39, 0.29) is 0 Å². The van der Waals surface area contributed by atoms with Gasteiger partial charge in [0.05, 0.1) is 6.54 Å². The van der Waals surface area contributed by atoms with Gasteiger partial charge in [-0.1, -0.05) is 19.3 Å². The zero-order chi connectivity index (χ0) is 13.8. The van der Waals surface area contributed by atoms with Crippen LogP contribution in [0.3, 0.4) is 0 Å². The van der Waals surface area contributed by atoms with Gasteiger partial charge in [0.2, 0.25) is 5.91 Å². The predicted octanol–water partition coefficient (Wildman–Crippen LogP) is 1.89. The van der Waals surface area contributed by atoms with Crippen LogP contribution in [0.25, 0.3) is 0 Å². The average Bonchev–Trinajstić information content (AvgIpc) is 2.99. The monoisotopic (exact) mass is 280 g/mol. The van der Waals surface area contributed by atoms with Gasteiger partial charge in [-0.25, -0.2) is 0 Å². The maximum atomic E-state index is 12.4. The molecule has 0 unspecified atom stereocenters. The maximum absolute atomic E-state index is 12.4. The second kappa shape index (κ2) is 6.90. The predicted molar refractivity (Wildman–Crippen MR) is 78.6 cm³/mol. The van der Waals surface area contributed by atoms with E-state index in [2.05, 4.69) is 9.80 Å². The van der Waals surface area contributed by atoms with Gasteiger partial charge in [0.1, 0.15) is 0 Å². The number of nitrogens with zero attached hydrogens (tertiary/aromatic N) is 2. The Labute approximate surface area is 122 Å². The Balaban J connectivity index is 1.42. The number of carbonyl (C=O) groups excluding carboxylic acids is 1. The van der Waals surface area contributed by atoms with Crippen LogP contribution in [-0.2, 0) is 9.53 Å². The van der Waals surface area contributed by atoms with Crippen molar-refractivity contribution in [3.05, 3.63) is 0 Å². The summed E-state index contributed by atoms with van der Waals surface area (Å²) in [5, 5.41) is 0. The van der Waals surface area contributed by atoms with Crippen LogP contribution in [0.5, 0.6) is 0 Å². The highest BCUT2D eigenvalue weighted by atomic mass is 16.5. The smallest absolute Gasteiger partial charge is 0.237 e. The first-order valence-electron chi connectivity index (χ1n) is 8.42. The fourth-order valence-electron chi connectivity index (χ4n) is 3.88. The minimum absolute atomic E-state index is 0.367. The molecule has 3 aliphatic rings. The largest absolute Gasteiger partial charge is 0.381 e. The SMILES string of the molecule is O=C1CN(CC[C@@H]2CCOC2)CCN1C1CCCCC1. The molecule has 0 N–H and O–H groups in total. The molecule has 0 radical (unpaired) electrons. The lowest BCUT2D eigenvalue weighted by molar-refractivity contribution is -0.139. The van der Waals surface area contributed by atoms with Gasteiger partial charge in [0.25, 0.3) is 0 Å². The molecule has 3 rings (SSSR count). The Bertz CT molecular complexity index is 322. The summed E-state index contributed by atoms with van der Waals surface area (Å²) in [6.07, 6.45) is 8.82. The minimum atomic E-state index is 0.367. The van der Waals surface area contributed by atoms with Crippen LogP contribution < -0.4 is 0 Å². The molecule has 0 spiro atoms. The molecule has 2 saturated heterocycles. The number of amides is 1. The van der Waals surface area contributed by atoms with Crippen molar-refractivity contribution in [2.75, 3.05) is 39.4 Å². The summed E-state index contributed by atoms with van der Waals surface area (Å²) >= 11 is 0. The van der Waals surface area contributed by atoms with E-state index in [0.717, 1.165) is 38.8 Å². The van der Waals surface area contributed by atoms with E-state index in [1.807, 2.05) is 0 Å². The fourth-order valence-corrected chi connectivity index (χ4v) is 3.88. The van der Waals surface area contributed by atoms with Gasteiger partial charge in [-0.3, -0.25) is 9.69 Å². The summed E-state index contributed by atoms with van der Waals surface area (Å²) in [5.41, 5.74) is 0. The Kier molecular flexibility index (Phi) is 4.94. The van der Waals surface area contributed by atoms with Gasteiger partial charge in [0.15, 0.2) is 0 Å². The lowest BCUT2D eigenvalue weighted by atomic mass is 9.93. The number of piperazine rings is 1. The second-order valence-electron chi connectivity index (χ2n) is 6.67. The maximum Gasteiger partial charge on any atom is 0.237 e. The topological polar surface area (TPSA) is 32.8 Å². The fraction of sp³-hybridized carbons (Fsp3) is 0.938. The van der Waals surface area contributed by atoms with Crippen LogP contribution in [0.2, 0.25) is 0 Å². The van der Waals surface area contributed by atoms with Crippen molar-refractivity contribution in [1.29, 1.82) is 0 Å². The number of rotatable bonds is 4. The Morgan fingerprint density at radius 3 is 2.65 bits per heavy atom. The first kappa shape index (κ1) is 14.3. The minimum Gasteiger partial charge on any atom is -0.381 e. The summed E-state index contributed by atoms with van der Waals surface area (Å²) in [6.45, 7) is 5.58. The summed E-state index contributed by atoms with van der Waals surface area (Å²) in [4.78, 5) is 16.9. The number of ether oxygens (including phenoxy) is 1. The quantitative estimate of drug-likeness (QED) is 0.788. The molecular formula is C16H28N2O2. The number of hydrogen-bond acceptors (Lipinski definition) is 3. The van der Waals surface area contributed by atoms with Crippen LogP contribution in [-0.4, -0.2) is 61.1 Å². The van der Waals surface area contributed by atoms with Crippen molar-refractivity contribution < 1.29 is 9.53 Å². The third-order valence-electron chi connectivity index (χ3n) is 5.23. The molecule has 1 amide bonds. The summed E-state index contributed by atoms with van der Waals surface area (Å²) < 4.78 is 5.42. The van der Waals surface area contributed by atoms with E-state index < -0.39 is 0 Å². The molecule has 2 heterocycles. The first-order chi connectivity index (χ1) is 9.83. The highest BCUT2D eigenvalue weighted by Gasteiger charge is 2.30. The highest BCUT2D eigenvalue weighted by Crippen LogP contribution is 2.24. The van der Waals surface area contributed by atoms with Gasteiger partial charge in [-0.2, -0.15) is 0 Å². The van der Waals surface area contributed by atoms with Gasteiger partial charge >= 0.3 is 0 Å². The van der Waals surface area contributed by atoms with Crippen LogP contribution in [0, 0.1) is 5.92 Å². The number of hydrogen-bond donors (Lipinski definition) is 0. The van der Waals surface area contributed by atoms with Crippen LogP contribution in [0.1, 0.15) is 44.9 Å². The van der Waals surface area contributed by atoms with Crippen molar-refractivity contribution in [1.82, 2.24) is 9.80 Å². The molecule has 4 nitrogen and oxygen atoms in total. The molecule has 0 aromatic rings. The van der Waals surface area contributed by atoms with E-state index in [1.165, 1.54) is 44.9 Å². The van der Waals surface area contributed by atoms with E-state index >= 15 is 0 Å². The molecule has 1 atom stereocenters. The van der Waals surface area contributed by atoms with E-state index in [1.54, 1.807) is 0 Å². The van der Waals surface area contributed by atoms with Crippen molar-refractivity contribution >= 4 is 5.91 Å². The first-order valence-corrected chi connectivity index (χ1v) is 8.42. The Hall–Kier alpha value is -0.610. The third kappa shape index (κ3) is 3.53. The standard InChI is InChI=1S/C16H28N2O2/c19-16-12-17(8-6-14-7-11-20-13-14)9-10-18(16)15-4-2-1-3-5-15/h14-15H,1-13H2/t14-/m1/s1. The van der Waals surface area contributed by atoms with Crippen LogP contribution >= 0.6 is 0 Å². The lowest BCUT2D eigenvalue weighted by Gasteiger charge is -2.40. The molecule has 2 aliphatic heterocycles. The van der Waals surface area contributed by atoms with Crippen LogP contribution in [0.4, 0.5) is 0 Å². The molecule has 20 heavy (non-hydrogen) atoms. The normalized spacial score (nSPS) is 30.1. The molecule has 1 saturated carbocycles. The lowest BCUT2D eigenvalue weighted by Crippen LogP contribution is -2.54. The molecule has 114 valence electrons. The Morgan fingerprint density at radius 2 is 1.95 bits per heavy atom. The summed E-state index contributed by atoms with van der Waals surface area (Å²) in [5.74, 6) is 1.09. The van der Waals surface area contributed by atoms with Gasteiger partial charge < -0.3 is 9.64 Å². The number of carbonyl (C=O) groups is 1. The molecule has 3 fully saturated rings. The molecular weight excluding hydrogens is 252 g/mol. The van der Waals surface area contributed by atoms with Gasteiger partial charge in [-0.05, 0) is 38.1 Å². The zero-order valence-electron chi connectivity index (χ0n) is 12.6. The third-order valence-corrected chi connectivity index (χ3v) is 5.23. The highest BCUT2D eigenvalue weighted by molar-refractivity contribution is 5.79. The molecule has 0 aromatic heterocycles. The van der Waals surface area contributed by atoms with Crippen molar-refractivity contribution in [3.63, 3.8) is 0 Å². The molecule has 1 aliphatic carbocycles. The van der Waals surface area contributed by atoms with Crippen LogP contribution in [0.15, 0.2) is 0 Å². The average molecular weight is 280 g/mol. The van der Waals surface area contributed by atoms with E-state index in [9.17, 15) is 4.79 Å².